The second-order valence-corrected chi connectivity index (χ2v) is 5.43. The number of nitrogens with one attached hydrogen (secondary N) is 1. The fourth-order valence-corrected chi connectivity index (χ4v) is 2.84. The van der Waals surface area contributed by atoms with E-state index in [4.69, 9.17) is 0 Å². The molecule has 0 aromatic carbocycles. The van der Waals surface area contributed by atoms with Crippen LogP contribution in [0.25, 0.3) is 0 Å². The molecule has 1 amide bonds. The Bertz CT molecular complexity index is 260. The highest BCUT2D eigenvalue weighted by atomic mass is 16.3. The summed E-state index contributed by atoms with van der Waals surface area (Å²) in [6.07, 6.45) is 5.17. The first kappa shape index (κ1) is 12.8. The lowest BCUT2D eigenvalue weighted by Crippen LogP contribution is -2.45. The highest BCUT2D eigenvalue weighted by Crippen LogP contribution is 2.21. The van der Waals surface area contributed by atoms with Crippen molar-refractivity contribution < 1.29 is 9.90 Å². The van der Waals surface area contributed by atoms with E-state index >= 15 is 0 Å². The molecule has 2 aliphatic rings. The minimum atomic E-state index is -0.296. The van der Waals surface area contributed by atoms with Gasteiger partial charge in [-0.3, -0.25) is 4.79 Å². The van der Waals surface area contributed by atoms with Crippen molar-refractivity contribution in [1.82, 2.24) is 10.2 Å². The van der Waals surface area contributed by atoms with Gasteiger partial charge in [-0.1, -0.05) is 12.8 Å². The normalized spacial score (nSPS) is 32.2. The molecule has 3 unspecified atom stereocenters. The molecule has 0 aliphatic carbocycles. The number of hydrogen-bond acceptors (Lipinski definition) is 3. The predicted molar refractivity (Wildman–Crippen MR) is 66.6 cm³/mol. The van der Waals surface area contributed by atoms with Crippen molar-refractivity contribution in [3.8, 4) is 0 Å². The summed E-state index contributed by atoms with van der Waals surface area (Å²) in [4.78, 5) is 14.2. The van der Waals surface area contributed by atoms with Crippen LogP contribution in [0.15, 0.2) is 0 Å². The van der Waals surface area contributed by atoms with E-state index in [0.29, 0.717) is 0 Å². The van der Waals surface area contributed by atoms with E-state index in [-0.39, 0.29) is 24.0 Å². The Labute approximate surface area is 103 Å². The van der Waals surface area contributed by atoms with Crippen LogP contribution in [0.5, 0.6) is 0 Å². The van der Waals surface area contributed by atoms with Crippen LogP contribution < -0.4 is 5.32 Å². The highest BCUT2D eigenvalue weighted by molar-refractivity contribution is 5.82. The van der Waals surface area contributed by atoms with Crippen molar-refractivity contribution in [3.63, 3.8) is 0 Å². The van der Waals surface area contributed by atoms with E-state index in [9.17, 15) is 9.90 Å². The zero-order chi connectivity index (χ0) is 12.3. The zero-order valence-electron chi connectivity index (χ0n) is 10.7. The molecule has 0 saturated carbocycles. The monoisotopic (exact) mass is 240 g/mol. The number of aliphatic hydroxyl groups excluding tert-OH is 1. The fourth-order valence-electron chi connectivity index (χ4n) is 2.84. The third-order valence-corrected chi connectivity index (χ3v) is 4.08. The summed E-state index contributed by atoms with van der Waals surface area (Å²) in [7, 11) is 0. The summed E-state index contributed by atoms with van der Waals surface area (Å²) in [6.45, 7) is 4.33. The van der Waals surface area contributed by atoms with Crippen molar-refractivity contribution in [1.29, 1.82) is 0 Å². The van der Waals surface area contributed by atoms with Crippen molar-refractivity contribution in [2.24, 2.45) is 5.92 Å². The fraction of sp³-hybridized carbons (Fsp3) is 0.923. The van der Waals surface area contributed by atoms with Crippen molar-refractivity contribution in [2.75, 3.05) is 19.6 Å². The first-order chi connectivity index (χ1) is 8.18. The number of likely N-dealkylation sites (tertiary alicyclic amines) is 1. The number of carbonyl (C=O) groups is 1. The lowest BCUT2D eigenvalue weighted by Gasteiger charge is -2.23. The van der Waals surface area contributed by atoms with Crippen LogP contribution in [-0.4, -0.2) is 47.7 Å². The Balaban J connectivity index is 1.87. The molecule has 4 heteroatoms. The maximum atomic E-state index is 12.3. The second kappa shape index (κ2) is 5.83. The van der Waals surface area contributed by atoms with Gasteiger partial charge in [0.1, 0.15) is 0 Å². The van der Waals surface area contributed by atoms with Gasteiger partial charge in [-0.05, 0) is 32.7 Å². The van der Waals surface area contributed by atoms with E-state index in [1.54, 1.807) is 0 Å². The van der Waals surface area contributed by atoms with Crippen LogP contribution in [0.3, 0.4) is 0 Å². The van der Waals surface area contributed by atoms with Gasteiger partial charge in [-0.15, -0.1) is 0 Å². The Kier molecular flexibility index (Phi) is 4.40. The molecule has 0 bridgehead atoms. The van der Waals surface area contributed by atoms with E-state index < -0.39 is 0 Å². The van der Waals surface area contributed by atoms with Gasteiger partial charge in [0.05, 0.1) is 12.1 Å². The van der Waals surface area contributed by atoms with Crippen LogP contribution in [0.2, 0.25) is 0 Å². The van der Waals surface area contributed by atoms with E-state index in [2.05, 4.69) is 5.32 Å². The van der Waals surface area contributed by atoms with E-state index in [1.165, 1.54) is 12.8 Å². The number of rotatable bonds is 2. The standard InChI is InChI=1S/C13H24N2O2/c1-10(16)11-6-8-15(9-11)13(17)12-5-3-2-4-7-14-12/h10-12,14,16H,2-9H2,1H3. The number of carbonyl (C=O) groups excluding carboxylic acids is 1. The number of aliphatic hydroxyl groups is 1. The third-order valence-electron chi connectivity index (χ3n) is 4.08. The maximum Gasteiger partial charge on any atom is 0.239 e. The Morgan fingerprint density at radius 1 is 1.35 bits per heavy atom. The van der Waals surface area contributed by atoms with Gasteiger partial charge in [-0.25, -0.2) is 0 Å². The smallest absolute Gasteiger partial charge is 0.239 e. The van der Waals surface area contributed by atoms with Crippen molar-refractivity contribution in [3.05, 3.63) is 0 Å². The molecule has 2 aliphatic heterocycles. The molecule has 0 radical (unpaired) electrons. The molecule has 2 saturated heterocycles. The van der Waals surface area contributed by atoms with E-state index in [1.807, 2.05) is 11.8 Å². The summed E-state index contributed by atoms with van der Waals surface area (Å²) in [5.74, 6) is 0.514. The Morgan fingerprint density at radius 2 is 2.18 bits per heavy atom. The molecule has 3 atom stereocenters. The van der Waals surface area contributed by atoms with Crippen LogP contribution >= 0.6 is 0 Å². The summed E-state index contributed by atoms with van der Waals surface area (Å²) in [5.41, 5.74) is 0. The summed E-state index contributed by atoms with van der Waals surface area (Å²) >= 11 is 0. The molecule has 98 valence electrons. The highest BCUT2D eigenvalue weighted by Gasteiger charge is 2.32. The molecular formula is C13H24N2O2. The van der Waals surface area contributed by atoms with Crippen LogP contribution in [-0.2, 0) is 4.79 Å². The minimum absolute atomic E-state index is 0.0187. The topological polar surface area (TPSA) is 52.6 Å². The molecule has 4 nitrogen and oxygen atoms in total. The summed E-state index contributed by atoms with van der Waals surface area (Å²) in [6, 6.07) is 0.0187. The zero-order valence-corrected chi connectivity index (χ0v) is 10.7. The lowest BCUT2D eigenvalue weighted by atomic mass is 10.0. The van der Waals surface area contributed by atoms with Crippen LogP contribution in [0, 0.1) is 5.92 Å². The Hall–Kier alpha value is -0.610. The van der Waals surface area contributed by atoms with Gasteiger partial charge in [0.2, 0.25) is 5.91 Å². The van der Waals surface area contributed by atoms with Gasteiger partial charge >= 0.3 is 0 Å². The third kappa shape index (κ3) is 3.19. The van der Waals surface area contributed by atoms with Gasteiger partial charge in [0, 0.05) is 19.0 Å². The van der Waals surface area contributed by atoms with Crippen LogP contribution in [0.4, 0.5) is 0 Å². The predicted octanol–water partition coefficient (Wildman–Crippen LogP) is 0.748. The molecule has 0 spiro atoms. The average Bonchev–Trinajstić information content (AvgIpc) is 2.65. The lowest BCUT2D eigenvalue weighted by molar-refractivity contribution is -0.132. The largest absolute Gasteiger partial charge is 0.393 e. The Morgan fingerprint density at radius 3 is 2.88 bits per heavy atom. The van der Waals surface area contributed by atoms with Gasteiger partial charge in [-0.2, -0.15) is 0 Å². The van der Waals surface area contributed by atoms with Crippen LogP contribution in [0.1, 0.15) is 39.0 Å². The summed E-state index contributed by atoms with van der Waals surface area (Å²) in [5, 5.41) is 12.9. The number of amides is 1. The molecule has 17 heavy (non-hydrogen) atoms. The minimum Gasteiger partial charge on any atom is -0.393 e. The maximum absolute atomic E-state index is 12.3. The van der Waals surface area contributed by atoms with Gasteiger partial charge < -0.3 is 15.3 Å². The first-order valence-corrected chi connectivity index (χ1v) is 6.88. The molecule has 2 heterocycles. The van der Waals surface area contributed by atoms with Gasteiger partial charge in [0.25, 0.3) is 0 Å². The first-order valence-electron chi connectivity index (χ1n) is 6.88. The number of hydrogen-bond donors (Lipinski definition) is 2. The molecule has 2 N–H and O–H groups in total. The van der Waals surface area contributed by atoms with Crippen molar-refractivity contribution >= 4 is 5.91 Å². The molecule has 0 aromatic rings. The second-order valence-electron chi connectivity index (χ2n) is 5.43. The SMILES string of the molecule is CC(O)C1CCN(C(=O)C2CCCCCN2)C1. The van der Waals surface area contributed by atoms with E-state index in [0.717, 1.165) is 38.9 Å². The average molecular weight is 240 g/mol. The quantitative estimate of drug-likeness (QED) is 0.749. The molecular weight excluding hydrogens is 216 g/mol. The molecule has 2 fully saturated rings. The van der Waals surface area contributed by atoms with Gasteiger partial charge in [0.15, 0.2) is 0 Å². The summed E-state index contributed by atoms with van der Waals surface area (Å²) < 4.78 is 0. The number of nitrogens with zero attached hydrogens (tertiary/aromatic N) is 1. The van der Waals surface area contributed by atoms with Crippen molar-refractivity contribution in [2.45, 2.75) is 51.2 Å². The molecule has 0 aromatic heterocycles. The molecule has 2 rings (SSSR count).